The molecule has 0 radical (unpaired) electrons. The van der Waals surface area contributed by atoms with Crippen LogP contribution in [0.5, 0.6) is 0 Å². The average Bonchev–Trinajstić information content (AvgIpc) is 2.40. The van der Waals surface area contributed by atoms with Crippen LogP contribution in [0.1, 0.15) is 12.5 Å². The van der Waals surface area contributed by atoms with E-state index in [1.54, 1.807) is 0 Å². The fraction of sp³-hybridized carbons (Fsp3) is 0.308. The molecule has 1 rings (SSSR count). The Hall–Kier alpha value is -1.56. The molecule has 1 unspecified atom stereocenters. The lowest BCUT2D eigenvalue weighted by atomic mass is 10.1. The maximum absolute atomic E-state index is 10.1. The van der Waals surface area contributed by atoms with Crippen LogP contribution in [-0.4, -0.2) is 19.6 Å². The lowest BCUT2D eigenvalue weighted by Crippen LogP contribution is -2.14. The van der Waals surface area contributed by atoms with Gasteiger partial charge in [-0.05, 0) is 36.7 Å². The first-order valence-electron chi connectivity index (χ1n) is 5.72. The molecule has 1 atom stereocenters. The Labute approximate surface area is 109 Å². The van der Waals surface area contributed by atoms with Gasteiger partial charge < -0.3 is 14.9 Å². The second kappa shape index (κ2) is 8.52. The van der Waals surface area contributed by atoms with Crippen molar-refractivity contribution in [1.82, 2.24) is 5.32 Å². The monoisotopic (exact) mass is 264 g/mol. The zero-order valence-corrected chi connectivity index (χ0v) is 11.2. The van der Waals surface area contributed by atoms with Crippen LogP contribution in [0.2, 0.25) is 0 Å². The van der Waals surface area contributed by atoms with Crippen molar-refractivity contribution in [2.75, 3.05) is 18.2 Å². The number of amides is 1. The molecule has 0 aliphatic rings. The largest absolute Gasteiger partial charge is 0.358 e. The van der Waals surface area contributed by atoms with E-state index in [0.717, 1.165) is 17.7 Å². The third-order valence-corrected chi connectivity index (χ3v) is 3.41. The number of carbonyl (C=O) groups is 1. The van der Waals surface area contributed by atoms with Crippen molar-refractivity contribution < 1.29 is 9.32 Å². The minimum atomic E-state index is -1.04. The van der Waals surface area contributed by atoms with Gasteiger partial charge in [0.25, 0.3) is 0 Å². The minimum Gasteiger partial charge on any atom is -0.358 e. The fourth-order valence-corrected chi connectivity index (χ4v) is 2.21. The summed E-state index contributed by atoms with van der Waals surface area (Å²) in [6.45, 7) is 3.15. The predicted molar refractivity (Wildman–Crippen MR) is 75.2 cm³/mol. The molecule has 1 aromatic carbocycles. The third kappa shape index (κ3) is 5.18. The highest BCUT2D eigenvalue weighted by atomic mass is 31.2. The van der Waals surface area contributed by atoms with E-state index in [-0.39, 0.29) is 0 Å². The van der Waals surface area contributed by atoms with Crippen molar-refractivity contribution in [3.8, 4) is 12.1 Å². The van der Waals surface area contributed by atoms with Crippen molar-refractivity contribution in [1.29, 1.82) is 0 Å². The average molecular weight is 264 g/mol. The molecule has 0 spiro atoms. The lowest BCUT2D eigenvalue weighted by Gasteiger charge is -2.13. The Morgan fingerprint density at radius 1 is 1.44 bits per heavy atom. The molecule has 2 N–H and O–H groups in total. The number of hydrogen-bond acceptors (Lipinski definition) is 3. The summed E-state index contributed by atoms with van der Waals surface area (Å²) in [5, 5.41) is 5.79. The highest BCUT2D eigenvalue weighted by Gasteiger charge is 2.04. The highest BCUT2D eigenvalue weighted by Crippen LogP contribution is 2.35. The van der Waals surface area contributed by atoms with Crippen molar-refractivity contribution in [3.05, 3.63) is 29.8 Å². The van der Waals surface area contributed by atoms with Crippen molar-refractivity contribution in [2.24, 2.45) is 0 Å². The lowest BCUT2D eigenvalue weighted by molar-refractivity contribution is -0.109. The van der Waals surface area contributed by atoms with Crippen LogP contribution in [0.25, 0.3) is 0 Å². The van der Waals surface area contributed by atoms with Crippen LogP contribution >= 0.6 is 8.30 Å². The number of benzene rings is 1. The van der Waals surface area contributed by atoms with Gasteiger partial charge in [-0.15, -0.1) is 6.42 Å². The summed E-state index contributed by atoms with van der Waals surface area (Å²) in [4.78, 5) is 10.1. The molecule has 0 heterocycles. The first-order valence-corrected chi connectivity index (χ1v) is 6.98. The normalized spacial score (nSPS) is 11.3. The van der Waals surface area contributed by atoms with Crippen LogP contribution in [0.15, 0.2) is 24.3 Å². The minimum absolute atomic E-state index is 0.596. The number of nitrogens with one attached hydrogen (secondary N) is 2. The highest BCUT2D eigenvalue weighted by molar-refractivity contribution is 7.59. The predicted octanol–water partition coefficient (Wildman–Crippen LogP) is 2.33. The molecular formula is C13H17N2O2P. The van der Waals surface area contributed by atoms with E-state index in [4.69, 9.17) is 10.9 Å². The van der Waals surface area contributed by atoms with Crippen LogP contribution < -0.4 is 10.4 Å². The summed E-state index contributed by atoms with van der Waals surface area (Å²) in [5.41, 5.74) is 4.70. The molecule has 0 aliphatic carbocycles. The third-order valence-electron chi connectivity index (χ3n) is 2.20. The quantitative estimate of drug-likeness (QED) is 0.328. The number of anilines is 1. The van der Waals surface area contributed by atoms with Gasteiger partial charge in [0.05, 0.1) is 6.61 Å². The Morgan fingerprint density at radius 2 is 2.17 bits per heavy atom. The van der Waals surface area contributed by atoms with E-state index >= 15 is 0 Å². The molecule has 4 nitrogen and oxygen atoms in total. The van der Waals surface area contributed by atoms with Gasteiger partial charge in [0.15, 0.2) is 0 Å². The second-order valence-electron chi connectivity index (χ2n) is 3.47. The zero-order valence-electron chi connectivity index (χ0n) is 10.3. The summed E-state index contributed by atoms with van der Waals surface area (Å²) >= 11 is 0. The Bertz CT molecular complexity index is 400. The maximum atomic E-state index is 10.1. The van der Waals surface area contributed by atoms with E-state index in [9.17, 15) is 4.79 Å². The molecule has 0 bridgehead atoms. The van der Waals surface area contributed by atoms with Gasteiger partial charge in [0.2, 0.25) is 14.7 Å². The second-order valence-corrected chi connectivity index (χ2v) is 4.80. The Kier molecular flexibility index (Phi) is 6.86. The molecule has 0 aromatic heterocycles. The maximum Gasteiger partial charge on any atom is 0.214 e. The van der Waals surface area contributed by atoms with Crippen molar-refractivity contribution >= 4 is 20.4 Å². The molecule has 0 fully saturated rings. The molecule has 5 heteroatoms. The first-order chi connectivity index (χ1) is 8.80. The van der Waals surface area contributed by atoms with Crippen LogP contribution in [-0.2, 0) is 15.7 Å². The summed E-state index contributed by atoms with van der Waals surface area (Å²) in [5.74, 6) is 0. The van der Waals surface area contributed by atoms with Gasteiger partial charge in [0, 0.05) is 12.2 Å². The first kappa shape index (κ1) is 14.5. The molecule has 18 heavy (non-hydrogen) atoms. The molecular weight excluding hydrogens is 247 g/mol. The zero-order chi connectivity index (χ0) is 13.2. The van der Waals surface area contributed by atoms with Gasteiger partial charge in [-0.25, -0.2) is 0 Å². The molecule has 0 aliphatic heterocycles. The number of terminal acetylenes is 1. The summed E-state index contributed by atoms with van der Waals surface area (Å²) in [6, 6.07) is 7.93. The van der Waals surface area contributed by atoms with E-state index in [2.05, 4.69) is 16.1 Å². The standard InChI is InChI=1S/C13H17N2O2P/c1-3-17-18(4-2)15-13-7-5-12(6-8-13)9-10-14-11-16/h2,5-8,11,15H,3,9-10H2,1H3,(H,14,16). The Morgan fingerprint density at radius 3 is 2.72 bits per heavy atom. The van der Waals surface area contributed by atoms with Crippen molar-refractivity contribution in [2.45, 2.75) is 13.3 Å². The van der Waals surface area contributed by atoms with Crippen molar-refractivity contribution in [3.63, 3.8) is 0 Å². The molecule has 0 saturated heterocycles. The molecule has 96 valence electrons. The molecule has 0 saturated carbocycles. The summed E-state index contributed by atoms with van der Waals surface area (Å²) < 4.78 is 5.37. The smallest absolute Gasteiger partial charge is 0.214 e. The fourth-order valence-electron chi connectivity index (χ4n) is 1.37. The van der Waals surface area contributed by atoms with Gasteiger partial charge in [-0.2, -0.15) is 0 Å². The van der Waals surface area contributed by atoms with Gasteiger partial charge in [-0.3, -0.25) is 4.79 Å². The van der Waals surface area contributed by atoms with E-state index in [0.29, 0.717) is 19.6 Å². The number of rotatable bonds is 8. The van der Waals surface area contributed by atoms with Crippen LogP contribution in [0.4, 0.5) is 5.69 Å². The summed E-state index contributed by atoms with van der Waals surface area (Å²) in [6.07, 6.45) is 6.89. The van der Waals surface area contributed by atoms with E-state index in [1.165, 1.54) is 0 Å². The van der Waals surface area contributed by atoms with Gasteiger partial charge in [0.1, 0.15) is 0 Å². The number of carbonyl (C=O) groups excluding carboxylic acids is 1. The molecule has 1 amide bonds. The van der Waals surface area contributed by atoms with Crippen LogP contribution in [0.3, 0.4) is 0 Å². The molecule has 1 aromatic rings. The van der Waals surface area contributed by atoms with Gasteiger partial charge >= 0.3 is 0 Å². The van der Waals surface area contributed by atoms with E-state index < -0.39 is 8.30 Å². The van der Waals surface area contributed by atoms with Crippen LogP contribution in [0, 0.1) is 12.1 Å². The number of hydrogen-bond donors (Lipinski definition) is 2. The SMILES string of the molecule is C#CP(Nc1ccc(CCNC=O)cc1)OCC. The summed E-state index contributed by atoms with van der Waals surface area (Å²) in [7, 11) is -1.04. The van der Waals surface area contributed by atoms with Gasteiger partial charge in [-0.1, -0.05) is 12.1 Å². The topological polar surface area (TPSA) is 50.4 Å². The van der Waals surface area contributed by atoms with E-state index in [1.807, 2.05) is 31.2 Å². The Balaban J connectivity index is 2.49.